The highest BCUT2D eigenvalue weighted by Gasteiger charge is 2.41. The molecule has 6 amide bonds. The Hall–Kier alpha value is -7.80. The number of fused-ring (bicyclic) bond motifs is 1. The van der Waals surface area contributed by atoms with Crippen molar-refractivity contribution in [3.63, 3.8) is 0 Å². The van der Waals surface area contributed by atoms with Crippen LogP contribution in [0.5, 0.6) is 11.5 Å². The normalized spacial score (nSPS) is 17.6. The minimum absolute atomic E-state index is 0.0298. The van der Waals surface area contributed by atoms with Gasteiger partial charge in [-0.15, -0.1) is 10.2 Å². The molecule has 4 aromatic carbocycles. The lowest BCUT2D eigenvalue weighted by molar-refractivity contribution is -0.138. The lowest BCUT2D eigenvalue weighted by Gasteiger charge is -2.39. The summed E-state index contributed by atoms with van der Waals surface area (Å²) in [7, 11) is 0. The predicted octanol–water partition coefficient (Wildman–Crippen LogP) is 5.97. The Morgan fingerprint density at radius 3 is 2.17 bits per heavy atom. The molecule has 5 heterocycles. The first-order valence-electron chi connectivity index (χ1n) is 24.6. The zero-order valence-electron chi connectivity index (χ0n) is 41.1. The molecular weight excluding hydrogens is 921 g/mol. The Balaban J connectivity index is 0.813. The van der Waals surface area contributed by atoms with Crippen LogP contribution in [0.15, 0.2) is 66.7 Å². The minimum Gasteiger partial charge on any atom is -0.508 e. The van der Waals surface area contributed by atoms with Gasteiger partial charge in [-0.05, 0) is 124 Å². The van der Waals surface area contributed by atoms with Crippen LogP contribution >= 0.6 is 0 Å². The number of carbonyl (C=O) groups is 6. The maximum atomic E-state index is 13.9. The SMILES string of the molecule is CCNC(=O)c1nnc(-c2cc(C(C)C)c(O)cc2O)n1-c1ccc(CN2CCC(C(=O)N3CCN(c4cc(C)c(N(C(=O)O)c5cccc6c5CN(C5CCC(=O)NC5=O)C6=O)c(C)c4)CC3)CC2)cc1. The largest absolute Gasteiger partial charge is 0.508 e. The van der Waals surface area contributed by atoms with Crippen molar-refractivity contribution in [2.45, 2.75) is 85.4 Å². The Kier molecular flexibility index (Phi) is 13.8. The quantitative estimate of drug-likeness (QED) is 0.0908. The summed E-state index contributed by atoms with van der Waals surface area (Å²) in [5, 5.41) is 45.7. The number of anilines is 3. The molecule has 5 N–H and O–H groups in total. The number of piperidine rings is 2. The highest BCUT2D eigenvalue weighted by atomic mass is 16.4. The summed E-state index contributed by atoms with van der Waals surface area (Å²) in [5.41, 5.74) is 6.64. The van der Waals surface area contributed by atoms with Crippen molar-refractivity contribution in [2.75, 3.05) is 55.6 Å². The highest BCUT2D eigenvalue weighted by Crippen LogP contribution is 2.42. The van der Waals surface area contributed by atoms with Crippen molar-refractivity contribution in [1.82, 2.24) is 40.1 Å². The molecule has 0 aliphatic carbocycles. The van der Waals surface area contributed by atoms with E-state index in [1.54, 1.807) is 28.8 Å². The summed E-state index contributed by atoms with van der Waals surface area (Å²) >= 11 is 0. The van der Waals surface area contributed by atoms with Gasteiger partial charge in [-0.2, -0.15) is 0 Å². The number of benzene rings is 4. The number of phenolic OH excluding ortho intramolecular Hbond substituents is 2. The summed E-state index contributed by atoms with van der Waals surface area (Å²) in [6.07, 6.45) is 0.560. The zero-order chi connectivity index (χ0) is 51.1. The number of carboxylic acid groups (broad SMARTS) is 1. The number of hydrogen-bond donors (Lipinski definition) is 5. The average molecular weight is 981 g/mol. The molecule has 0 radical (unpaired) electrons. The Morgan fingerprint density at radius 2 is 1.53 bits per heavy atom. The number of amides is 6. The molecule has 4 aliphatic rings. The third-order valence-electron chi connectivity index (χ3n) is 14.4. The molecule has 4 aliphatic heterocycles. The molecule has 3 fully saturated rings. The predicted molar refractivity (Wildman–Crippen MR) is 268 cm³/mol. The molecule has 1 atom stereocenters. The first kappa shape index (κ1) is 49.2. The van der Waals surface area contributed by atoms with Crippen LogP contribution in [0.4, 0.5) is 21.9 Å². The van der Waals surface area contributed by atoms with Gasteiger partial charge in [0, 0.05) is 86.7 Å². The second kappa shape index (κ2) is 20.1. The number of aryl methyl sites for hydroxylation is 2. The first-order chi connectivity index (χ1) is 34.5. The minimum atomic E-state index is -1.22. The molecule has 3 saturated heterocycles. The highest BCUT2D eigenvalue weighted by molar-refractivity contribution is 6.08. The van der Waals surface area contributed by atoms with E-state index < -0.39 is 23.9 Å². The second-order valence-corrected chi connectivity index (χ2v) is 19.4. The van der Waals surface area contributed by atoms with Crippen LogP contribution in [0.25, 0.3) is 17.1 Å². The summed E-state index contributed by atoms with van der Waals surface area (Å²) < 4.78 is 1.61. The molecule has 19 nitrogen and oxygen atoms in total. The fourth-order valence-electron chi connectivity index (χ4n) is 10.7. The summed E-state index contributed by atoms with van der Waals surface area (Å²) in [5.74, 6) is -1.57. The van der Waals surface area contributed by atoms with Crippen LogP contribution in [-0.4, -0.2) is 132 Å². The summed E-state index contributed by atoms with van der Waals surface area (Å²) in [4.78, 5) is 87.4. The van der Waals surface area contributed by atoms with Crippen LogP contribution in [0.3, 0.4) is 0 Å². The van der Waals surface area contributed by atoms with Gasteiger partial charge in [-0.3, -0.25) is 38.8 Å². The maximum absolute atomic E-state index is 13.9. The van der Waals surface area contributed by atoms with Gasteiger partial charge in [0.25, 0.3) is 11.8 Å². The third kappa shape index (κ3) is 9.43. The number of piperazine rings is 1. The molecule has 5 aromatic rings. The van der Waals surface area contributed by atoms with E-state index in [4.69, 9.17) is 0 Å². The smallest absolute Gasteiger partial charge is 0.416 e. The number of nitrogens with zero attached hydrogens (tertiary/aromatic N) is 8. The van der Waals surface area contributed by atoms with Gasteiger partial charge in [0.2, 0.25) is 23.5 Å². The molecule has 1 aromatic heterocycles. The number of rotatable bonds is 12. The van der Waals surface area contributed by atoms with Gasteiger partial charge in [-0.1, -0.05) is 32.0 Å². The Labute approximate surface area is 417 Å². The number of imide groups is 1. The van der Waals surface area contributed by atoms with Gasteiger partial charge >= 0.3 is 6.09 Å². The lowest BCUT2D eigenvalue weighted by Crippen LogP contribution is -2.52. The molecule has 0 bridgehead atoms. The number of nitrogens with one attached hydrogen (secondary N) is 2. The van der Waals surface area contributed by atoms with Crippen molar-refractivity contribution in [2.24, 2.45) is 5.92 Å². The van der Waals surface area contributed by atoms with Crippen molar-refractivity contribution in [3.8, 4) is 28.6 Å². The van der Waals surface area contributed by atoms with Crippen LogP contribution in [0.1, 0.15) is 101 Å². The molecule has 1 unspecified atom stereocenters. The topological polar surface area (TPSA) is 234 Å². The fraction of sp³-hybridized carbons (Fsp3) is 0.396. The van der Waals surface area contributed by atoms with Gasteiger partial charge in [0.05, 0.1) is 16.9 Å². The zero-order valence-corrected chi connectivity index (χ0v) is 41.1. The lowest BCUT2D eigenvalue weighted by atomic mass is 9.94. The summed E-state index contributed by atoms with van der Waals surface area (Å²) in [6.45, 7) is 14.4. The Morgan fingerprint density at radius 1 is 0.833 bits per heavy atom. The molecule has 19 heteroatoms. The number of aromatic nitrogens is 3. The van der Waals surface area contributed by atoms with Gasteiger partial charge in [0.1, 0.15) is 17.5 Å². The second-order valence-electron chi connectivity index (χ2n) is 19.4. The molecule has 0 saturated carbocycles. The number of likely N-dealkylation sites (tertiary alicyclic amines) is 1. The summed E-state index contributed by atoms with van der Waals surface area (Å²) in [6, 6.07) is 18.8. The van der Waals surface area contributed by atoms with Crippen LogP contribution in [-0.2, 0) is 27.5 Å². The first-order valence-corrected chi connectivity index (χ1v) is 24.6. The van der Waals surface area contributed by atoms with E-state index in [-0.39, 0.29) is 72.1 Å². The van der Waals surface area contributed by atoms with Crippen molar-refractivity contribution >= 4 is 52.7 Å². The molecule has 0 spiro atoms. The third-order valence-corrected chi connectivity index (χ3v) is 14.4. The van der Waals surface area contributed by atoms with E-state index in [2.05, 4.69) is 30.6 Å². The standard InChI is InChI=1S/C53H60N10O9/c1-6-54-50(68)48-57-56-47(39-26-38(30(2)3)43(64)27-44(39)65)62(48)35-12-10-33(11-13-35)28-58-18-16-34(17-19-58)51(69)60-22-20-59(21-23-60)36-24-31(4)46(32(5)25-36)63(53(71)72)41-9-7-8-37-40(41)29-61(52(37)70)42-14-15-45(66)55-49(42)67/h7-13,24-27,30,34,42,64-65H,6,14-23,28-29H2,1-5H3,(H,54,68)(H,71,72)(H,55,66,67). The van der Waals surface area contributed by atoms with E-state index in [1.807, 2.05) is 75.9 Å². The van der Waals surface area contributed by atoms with Gasteiger partial charge in [0.15, 0.2) is 5.82 Å². The van der Waals surface area contributed by atoms with Crippen LogP contribution in [0.2, 0.25) is 0 Å². The number of carbonyl (C=O) groups excluding carboxylic acids is 5. The fourth-order valence-corrected chi connectivity index (χ4v) is 10.7. The maximum Gasteiger partial charge on any atom is 0.416 e. The van der Waals surface area contributed by atoms with E-state index in [0.717, 1.165) is 48.3 Å². The Bertz CT molecular complexity index is 2950. The van der Waals surface area contributed by atoms with Crippen molar-refractivity contribution in [1.29, 1.82) is 0 Å². The van der Waals surface area contributed by atoms with E-state index in [0.29, 0.717) is 78.6 Å². The number of aromatic hydroxyl groups is 2. The van der Waals surface area contributed by atoms with Crippen LogP contribution in [0, 0.1) is 19.8 Å². The van der Waals surface area contributed by atoms with Crippen molar-refractivity contribution < 1.29 is 44.1 Å². The molecule has 9 rings (SSSR count). The molecular formula is C53H60N10O9. The number of phenols is 2. The van der Waals surface area contributed by atoms with Gasteiger partial charge in [-0.25, -0.2) is 9.69 Å². The van der Waals surface area contributed by atoms with Crippen molar-refractivity contribution in [3.05, 3.63) is 106 Å². The monoisotopic (exact) mass is 980 g/mol. The van der Waals surface area contributed by atoms with E-state index in [1.165, 1.54) is 15.9 Å². The molecule has 72 heavy (non-hydrogen) atoms. The van der Waals surface area contributed by atoms with Crippen LogP contribution < -0.4 is 20.4 Å². The van der Waals surface area contributed by atoms with E-state index >= 15 is 0 Å². The number of hydrogen-bond acceptors (Lipinski definition) is 12. The van der Waals surface area contributed by atoms with E-state index in [9.17, 15) is 44.1 Å². The van der Waals surface area contributed by atoms with Gasteiger partial charge < -0.3 is 35.3 Å². The average Bonchev–Trinajstić information content (AvgIpc) is 3.94. The molecule has 376 valence electrons.